The summed E-state index contributed by atoms with van der Waals surface area (Å²) in [7, 11) is -0.144. The molecule has 3 N–H and O–H groups in total. The molecule has 0 aromatic heterocycles. The van der Waals surface area contributed by atoms with Gasteiger partial charge in [-0.1, -0.05) is 17.7 Å². The molecule has 0 aliphatic rings. The number of nitrogens with one attached hydrogen (secondary N) is 3. The first-order valence-corrected chi connectivity index (χ1v) is 8.97. The highest BCUT2D eigenvalue weighted by Gasteiger charge is 2.12. The van der Waals surface area contributed by atoms with Gasteiger partial charge in [-0.25, -0.2) is 13.1 Å². The van der Waals surface area contributed by atoms with Crippen molar-refractivity contribution in [1.29, 1.82) is 0 Å². The Hall–Kier alpha value is -1.64. The summed E-state index contributed by atoms with van der Waals surface area (Å²) in [6, 6.07) is 6.75. The molecule has 0 amide bonds. The Morgan fingerprint density at radius 1 is 1.13 bits per heavy atom. The minimum Gasteiger partial charge on any atom is -0.385 e. The number of aryl methyl sites for hydroxylation is 1. The van der Waals surface area contributed by atoms with Gasteiger partial charge in [0.2, 0.25) is 10.0 Å². The third kappa shape index (κ3) is 7.45. The van der Waals surface area contributed by atoms with Gasteiger partial charge in [-0.15, -0.1) is 0 Å². The molecule has 23 heavy (non-hydrogen) atoms. The van der Waals surface area contributed by atoms with E-state index >= 15 is 0 Å². The van der Waals surface area contributed by atoms with Crippen LogP contribution >= 0.6 is 0 Å². The molecule has 130 valence electrons. The quantitative estimate of drug-likeness (QED) is 0.345. The molecular weight excluding hydrogens is 316 g/mol. The summed E-state index contributed by atoms with van der Waals surface area (Å²) in [6.07, 6.45) is 0.872. The number of methoxy groups -OCH3 is 1. The van der Waals surface area contributed by atoms with Crippen LogP contribution < -0.4 is 15.4 Å². The van der Waals surface area contributed by atoms with Crippen LogP contribution in [0.2, 0.25) is 0 Å². The van der Waals surface area contributed by atoms with Crippen LogP contribution in [0.25, 0.3) is 0 Å². The maximum atomic E-state index is 12.1. The summed E-state index contributed by atoms with van der Waals surface area (Å²) in [4.78, 5) is 4.33. The van der Waals surface area contributed by atoms with Crippen LogP contribution in [0.3, 0.4) is 0 Å². The fourth-order valence-electron chi connectivity index (χ4n) is 1.81. The lowest BCUT2D eigenvalue weighted by Gasteiger charge is -2.12. The van der Waals surface area contributed by atoms with E-state index in [0.717, 1.165) is 18.5 Å². The van der Waals surface area contributed by atoms with Crippen LogP contribution in [0.4, 0.5) is 0 Å². The maximum absolute atomic E-state index is 12.1. The Balaban J connectivity index is 2.33. The van der Waals surface area contributed by atoms with Crippen LogP contribution in [0, 0.1) is 6.92 Å². The third-order valence-corrected chi connectivity index (χ3v) is 4.56. The maximum Gasteiger partial charge on any atom is 0.240 e. The number of ether oxygens (including phenoxy) is 1. The van der Waals surface area contributed by atoms with E-state index < -0.39 is 10.0 Å². The van der Waals surface area contributed by atoms with E-state index in [1.807, 2.05) is 6.92 Å². The van der Waals surface area contributed by atoms with Crippen molar-refractivity contribution in [2.24, 2.45) is 4.99 Å². The zero-order valence-corrected chi connectivity index (χ0v) is 14.7. The summed E-state index contributed by atoms with van der Waals surface area (Å²) < 4.78 is 31.7. The number of aliphatic imine (C=N–C) groups is 1. The number of hydrogen-bond acceptors (Lipinski definition) is 4. The van der Waals surface area contributed by atoms with Crippen molar-refractivity contribution in [3.63, 3.8) is 0 Å². The molecule has 0 spiro atoms. The Kier molecular flexibility index (Phi) is 8.60. The van der Waals surface area contributed by atoms with Gasteiger partial charge < -0.3 is 15.4 Å². The van der Waals surface area contributed by atoms with Gasteiger partial charge in [-0.2, -0.15) is 0 Å². The average molecular weight is 342 g/mol. The lowest BCUT2D eigenvalue weighted by Crippen LogP contribution is -2.41. The standard InChI is InChI=1S/C15H26N4O3S/c1-13-5-7-14(8-6-13)23(20,21)19-11-10-18-15(16-2)17-9-4-12-22-3/h5-8,19H,4,9-12H2,1-3H3,(H2,16,17,18). The van der Waals surface area contributed by atoms with Crippen LogP contribution in [0.5, 0.6) is 0 Å². The third-order valence-electron chi connectivity index (χ3n) is 3.08. The summed E-state index contributed by atoms with van der Waals surface area (Å²) in [6.45, 7) is 4.05. The van der Waals surface area contributed by atoms with Gasteiger partial charge in [-0.3, -0.25) is 4.99 Å². The highest BCUT2D eigenvalue weighted by Crippen LogP contribution is 2.09. The summed E-state index contributed by atoms with van der Waals surface area (Å²) in [5.41, 5.74) is 1.02. The molecule has 7 nitrogen and oxygen atoms in total. The first-order chi connectivity index (χ1) is 11.0. The number of guanidine groups is 1. The largest absolute Gasteiger partial charge is 0.385 e. The highest BCUT2D eigenvalue weighted by molar-refractivity contribution is 7.89. The number of rotatable bonds is 9. The van der Waals surface area contributed by atoms with Crippen molar-refractivity contribution < 1.29 is 13.2 Å². The second-order valence-electron chi connectivity index (χ2n) is 4.98. The predicted octanol–water partition coefficient (Wildman–Crippen LogP) is 0.475. The molecule has 1 aromatic rings. The summed E-state index contributed by atoms with van der Waals surface area (Å²) >= 11 is 0. The first kappa shape index (κ1) is 19.4. The lowest BCUT2D eigenvalue weighted by atomic mass is 10.2. The van der Waals surface area contributed by atoms with E-state index in [-0.39, 0.29) is 11.4 Å². The van der Waals surface area contributed by atoms with E-state index in [4.69, 9.17) is 4.74 Å². The molecule has 0 heterocycles. The fourth-order valence-corrected chi connectivity index (χ4v) is 2.84. The first-order valence-electron chi connectivity index (χ1n) is 7.49. The highest BCUT2D eigenvalue weighted by atomic mass is 32.2. The topological polar surface area (TPSA) is 91.8 Å². The molecule has 0 fully saturated rings. The van der Waals surface area contributed by atoms with Gasteiger partial charge in [0, 0.05) is 40.4 Å². The minimum absolute atomic E-state index is 0.269. The SMILES string of the molecule is CN=C(NCCCOC)NCCNS(=O)(=O)c1ccc(C)cc1. The van der Waals surface area contributed by atoms with Gasteiger partial charge in [0.05, 0.1) is 4.90 Å². The van der Waals surface area contributed by atoms with Crippen LogP contribution in [-0.2, 0) is 14.8 Å². The average Bonchev–Trinajstić information content (AvgIpc) is 2.53. The van der Waals surface area contributed by atoms with E-state index in [0.29, 0.717) is 19.1 Å². The van der Waals surface area contributed by atoms with Crippen LogP contribution in [0.15, 0.2) is 34.2 Å². The number of benzene rings is 1. The Bertz CT molecular complexity index is 585. The van der Waals surface area contributed by atoms with Gasteiger partial charge in [0.25, 0.3) is 0 Å². The number of hydrogen-bond donors (Lipinski definition) is 3. The van der Waals surface area contributed by atoms with Crippen molar-refractivity contribution >= 4 is 16.0 Å². The molecule has 8 heteroatoms. The molecule has 0 bridgehead atoms. The predicted molar refractivity (Wildman–Crippen MR) is 92.2 cm³/mol. The molecule has 0 aliphatic heterocycles. The molecule has 0 saturated heterocycles. The molecule has 1 aromatic carbocycles. The number of nitrogens with zero attached hydrogens (tertiary/aromatic N) is 1. The Morgan fingerprint density at radius 2 is 1.78 bits per heavy atom. The molecular formula is C15H26N4O3S. The molecule has 0 saturated carbocycles. The fraction of sp³-hybridized carbons (Fsp3) is 0.533. The van der Waals surface area contributed by atoms with Crippen molar-refractivity contribution in [2.75, 3.05) is 40.4 Å². The molecule has 0 unspecified atom stereocenters. The smallest absolute Gasteiger partial charge is 0.240 e. The second kappa shape index (κ2) is 10.2. The van der Waals surface area contributed by atoms with Crippen molar-refractivity contribution in [1.82, 2.24) is 15.4 Å². The van der Waals surface area contributed by atoms with E-state index in [9.17, 15) is 8.42 Å². The van der Waals surface area contributed by atoms with Gasteiger partial charge in [0.15, 0.2) is 5.96 Å². The molecule has 0 aliphatic carbocycles. The molecule has 0 atom stereocenters. The van der Waals surface area contributed by atoms with Crippen molar-refractivity contribution in [2.45, 2.75) is 18.2 Å². The van der Waals surface area contributed by atoms with Crippen molar-refractivity contribution in [3.8, 4) is 0 Å². The summed E-state index contributed by atoms with van der Waals surface area (Å²) in [5, 5.41) is 6.17. The van der Waals surface area contributed by atoms with Crippen LogP contribution in [-0.4, -0.2) is 54.8 Å². The molecule has 1 rings (SSSR count). The monoisotopic (exact) mass is 342 g/mol. The van der Waals surface area contributed by atoms with E-state index in [1.165, 1.54) is 0 Å². The lowest BCUT2D eigenvalue weighted by molar-refractivity contribution is 0.195. The van der Waals surface area contributed by atoms with Gasteiger partial charge in [-0.05, 0) is 25.5 Å². The zero-order valence-electron chi connectivity index (χ0n) is 13.9. The zero-order chi connectivity index (χ0) is 17.1. The van der Waals surface area contributed by atoms with E-state index in [1.54, 1.807) is 38.4 Å². The second-order valence-corrected chi connectivity index (χ2v) is 6.75. The van der Waals surface area contributed by atoms with Gasteiger partial charge in [0.1, 0.15) is 0 Å². The van der Waals surface area contributed by atoms with Crippen molar-refractivity contribution in [3.05, 3.63) is 29.8 Å². The molecule has 0 radical (unpaired) electrons. The normalized spacial score (nSPS) is 12.2. The van der Waals surface area contributed by atoms with Crippen LogP contribution in [0.1, 0.15) is 12.0 Å². The minimum atomic E-state index is -3.47. The van der Waals surface area contributed by atoms with Gasteiger partial charge >= 0.3 is 0 Å². The Labute approximate surface area is 138 Å². The van der Waals surface area contributed by atoms with E-state index in [2.05, 4.69) is 20.3 Å². The summed E-state index contributed by atoms with van der Waals surface area (Å²) in [5.74, 6) is 0.635. The Morgan fingerprint density at radius 3 is 2.39 bits per heavy atom. The number of sulfonamides is 1.